The van der Waals surface area contributed by atoms with E-state index < -0.39 is 0 Å². The zero-order valence-corrected chi connectivity index (χ0v) is 13.7. The van der Waals surface area contributed by atoms with Crippen LogP contribution in [0.3, 0.4) is 0 Å². The van der Waals surface area contributed by atoms with Crippen LogP contribution in [0.2, 0.25) is 0 Å². The molecule has 0 atom stereocenters. The Labute approximate surface area is 131 Å². The Kier molecular flexibility index (Phi) is 3.36. The van der Waals surface area contributed by atoms with Crippen LogP contribution in [0.25, 0.3) is 0 Å². The molecule has 0 aliphatic heterocycles. The summed E-state index contributed by atoms with van der Waals surface area (Å²) in [7, 11) is 0. The highest BCUT2D eigenvalue weighted by atomic mass is 32.1. The third-order valence-corrected chi connectivity index (χ3v) is 6.95. The van der Waals surface area contributed by atoms with E-state index in [1.54, 1.807) is 11.3 Å². The smallest absolute Gasteiger partial charge is 0.229 e. The van der Waals surface area contributed by atoms with Crippen molar-refractivity contribution in [3.8, 4) is 0 Å². The molecule has 4 saturated carbocycles. The van der Waals surface area contributed by atoms with Gasteiger partial charge in [-0.25, -0.2) is 0 Å². The first-order chi connectivity index (χ1) is 10.2. The van der Waals surface area contributed by atoms with Crippen molar-refractivity contribution in [3.05, 3.63) is 22.4 Å². The predicted molar refractivity (Wildman–Crippen MR) is 86.0 cm³/mol. The van der Waals surface area contributed by atoms with Crippen molar-refractivity contribution in [2.45, 2.75) is 52.0 Å². The lowest BCUT2D eigenvalue weighted by molar-refractivity contribution is -0.158. The maximum atomic E-state index is 13.3. The molecule has 0 N–H and O–H groups in total. The van der Waals surface area contributed by atoms with E-state index in [0.717, 1.165) is 30.8 Å². The predicted octanol–water partition coefficient (Wildman–Crippen LogP) is 4.31. The van der Waals surface area contributed by atoms with Gasteiger partial charge in [-0.2, -0.15) is 0 Å². The van der Waals surface area contributed by atoms with Gasteiger partial charge >= 0.3 is 0 Å². The highest BCUT2D eigenvalue weighted by Crippen LogP contribution is 2.60. The molecule has 114 valence electrons. The fraction of sp³-hybridized carbons (Fsp3) is 0.722. The number of amides is 1. The molecule has 1 aromatic heterocycles. The first-order valence-corrected chi connectivity index (χ1v) is 9.38. The number of carbonyl (C=O) groups is 1. The lowest BCUT2D eigenvalue weighted by Crippen LogP contribution is -2.54. The van der Waals surface area contributed by atoms with E-state index in [1.807, 2.05) is 0 Å². The molecule has 4 bridgehead atoms. The van der Waals surface area contributed by atoms with Gasteiger partial charge in [0.05, 0.1) is 12.0 Å². The lowest BCUT2D eigenvalue weighted by Gasteiger charge is -2.56. The van der Waals surface area contributed by atoms with Crippen LogP contribution in [0.4, 0.5) is 0 Å². The van der Waals surface area contributed by atoms with Crippen LogP contribution in [0.15, 0.2) is 17.5 Å². The third kappa shape index (κ3) is 2.34. The quantitative estimate of drug-likeness (QED) is 0.811. The van der Waals surface area contributed by atoms with Gasteiger partial charge in [-0.3, -0.25) is 4.79 Å². The van der Waals surface area contributed by atoms with Crippen LogP contribution in [-0.2, 0) is 11.3 Å². The molecule has 1 heterocycles. The first kappa shape index (κ1) is 13.8. The Morgan fingerprint density at radius 1 is 1.24 bits per heavy atom. The summed E-state index contributed by atoms with van der Waals surface area (Å²) in [6.45, 7) is 3.79. The Morgan fingerprint density at radius 3 is 2.33 bits per heavy atom. The van der Waals surface area contributed by atoms with Gasteiger partial charge in [0.2, 0.25) is 5.91 Å². The minimum absolute atomic E-state index is 0.0159. The van der Waals surface area contributed by atoms with Gasteiger partial charge in [0, 0.05) is 11.4 Å². The largest absolute Gasteiger partial charge is 0.337 e. The fourth-order valence-corrected chi connectivity index (χ4v) is 6.35. The van der Waals surface area contributed by atoms with Gasteiger partial charge in [0.25, 0.3) is 0 Å². The number of hydrogen-bond acceptors (Lipinski definition) is 2. The minimum atomic E-state index is 0.0159. The summed E-state index contributed by atoms with van der Waals surface area (Å²) in [6, 6.07) is 4.24. The Bertz CT molecular complexity index is 486. The number of rotatable bonds is 4. The summed E-state index contributed by atoms with van der Waals surface area (Å²) in [4.78, 5) is 16.7. The molecule has 0 spiro atoms. The fourth-order valence-electron chi connectivity index (χ4n) is 5.63. The van der Waals surface area contributed by atoms with Crippen molar-refractivity contribution in [1.29, 1.82) is 0 Å². The lowest BCUT2D eigenvalue weighted by atomic mass is 9.49. The Balaban J connectivity index is 1.55. The number of nitrogens with zero attached hydrogens (tertiary/aromatic N) is 1. The minimum Gasteiger partial charge on any atom is -0.337 e. The molecule has 0 aromatic carbocycles. The van der Waals surface area contributed by atoms with Crippen LogP contribution >= 0.6 is 11.3 Å². The average Bonchev–Trinajstić information content (AvgIpc) is 2.95. The Hall–Kier alpha value is -0.830. The summed E-state index contributed by atoms with van der Waals surface area (Å²) in [6.07, 6.45) is 7.76. The SMILES string of the molecule is CCN(Cc1cccs1)C(=O)C12CC3CC(CC(C3)C1)C2. The highest BCUT2D eigenvalue weighted by Gasteiger charge is 2.55. The van der Waals surface area contributed by atoms with Gasteiger partial charge in [-0.05, 0) is 74.6 Å². The molecule has 0 radical (unpaired) electrons. The van der Waals surface area contributed by atoms with Crippen LogP contribution in [0.1, 0.15) is 50.3 Å². The van der Waals surface area contributed by atoms with Crippen LogP contribution in [-0.4, -0.2) is 17.4 Å². The van der Waals surface area contributed by atoms with Crippen LogP contribution < -0.4 is 0 Å². The summed E-state index contributed by atoms with van der Waals surface area (Å²) in [5, 5.41) is 2.11. The number of thiophene rings is 1. The molecule has 21 heavy (non-hydrogen) atoms. The van der Waals surface area contributed by atoms with Gasteiger partial charge in [0.15, 0.2) is 0 Å². The van der Waals surface area contributed by atoms with Crippen molar-refractivity contribution >= 4 is 17.2 Å². The van der Waals surface area contributed by atoms with Crippen molar-refractivity contribution < 1.29 is 4.79 Å². The maximum absolute atomic E-state index is 13.3. The molecule has 1 amide bonds. The first-order valence-electron chi connectivity index (χ1n) is 8.50. The second-order valence-electron chi connectivity index (χ2n) is 7.60. The van der Waals surface area contributed by atoms with Crippen molar-refractivity contribution in [3.63, 3.8) is 0 Å². The monoisotopic (exact) mass is 303 g/mol. The van der Waals surface area contributed by atoms with Gasteiger partial charge in [-0.1, -0.05) is 6.07 Å². The highest BCUT2D eigenvalue weighted by molar-refractivity contribution is 7.09. The second kappa shape index (κ2) is 5.12. The molecule has 4 aliphatic carbocycles. The molecule has 4 aliphatic rings. The molecular formula is C18H25NOS. The topological polar surface area (TPSA) is 20.3 Å². The van der Waals surface area contributed by atoms with E-state index in [0.29, 0.717) is 5.91 Å². The number of carbonyl (C=O) groups excluding carboxylic acids is 1. The van der Waals surface area contributed by atoms with E-state index >= 15 is 0 Å². The molecular weight excluding hydrogens is 278 g/mol. The van der Waals surface area contributed by atoms with Gasteiger partial charge in [0.1, 0.15) is 0 Å². The second-order valence-corrected chi connectivity index (χ2v) is 8.63. The normalized spacial score (nSPS) is 36.9. The molecule has 4 fully saturated rings. The van der Waals surface area contributed by atoms with E-state index in [1.165, 1.54) is 43.4 Å². The van der Waals surface area contributed by atoms with Gasteiger partial charge < -0.3 is 4.90 Å². The zero-order chi connectivity index (χ0) is 14.4. The van der Waals surface area contributed by atoms with E-state index in [2.05, 4.69) is 29.3 Å². The van der Waals surface area contributed by atoms with E-state index in [-0.39, 0.29) is 5.41 Å². The van der Waals surface area contributed by atoms with Crippen LogP contribution in [0.5, 0.6) is 0 Å². The summed E-state index contributed by atoms with van der Waals surface area (Å²) in [5.41, 5.74) is 0.0159. The van der Waals surface area contributed by atoms with Crippen molar-refractivity contribution in [2.24, 2.45) is 23.2 Å². The molecule has 5 rings (SSSR count). The standard InChI is InChI=1S/C18H25NOS/c1-2-19(12-16-4-3-5-21-16)17(20)18-9-13-6-14(10-18)8-15(7-13)11-18/h3-5,13-15H,2,6-12H2,1H3. The van der Waals surface area contributed by atoms with Crippen molar-refractivity contribution in [1.82, 2.24) is 4.90 Å². The average molecular weight is 303 g/mol. The third-order valence-electron chi connectivity index (χ3n) is 6.09. The summed E-state index contributed by atoms with van der Waals surface area (Å²) < 4.78 is 0. The Morgan fingerprint density at radius 2 is 1.86 bits per heavy atom. The molecule has 0 unspecified atom stereocenters. The van der Waals surface area contributed by atoms with Crippen LogP contribution in [0, 0.1) is 23.2 Å². The molecule has 2 nitrogen and oxygen atoms in total. The summed E-state index contributed by atoms with van der Waals surface area (Å²) >= 11 is 1.77. The zero-order valence-electron chi connectivity index (χ0n) is 12.9. The molecule has 0 saturated heterocycles. The van der Waals surface area contributed by atoms with E-state index in [4.69, 9.17) is 0 Å². The maximum Gasteiger partial charge on any atom is 0.229 e. The van der Waals surface area contributed by atoms with E-state index in [9.17, 15) is 4.79 Å². The van der Waals surface area contributed by atoms with Crippen molar-refractivity contribution in [2.75, 3.05) is 6.54 Å². The van der Waals surface area contributed by atoms with Gasteiger partial charge in [-0.15, -0.1) is 11.3 Å². The molecule has 1 aromatic rings. The summed E-state index contributed by atoms with van der Waals surface area (Å²) in [5.74, 6) is 3.01. The molecule has 3 heteroatoms. The number of hydrogen-bond donors (Lipinski definition) is 0.